The van der Waals surface area contributed by atoms with Gasteiger partial charge in [-0.2, -0.15) is 0 Å². The van der Waals surface area contributed by atoms with Crippen molar-refractivity contribution < 1.29 is 9.90 Å². The minimum absolute atomic E-state index is 0.0523. The molecule has 0 aliphatic carbocycles. The predicted molar refractivity (Wildman–Crippen MR) is 76.2 cm³/mol. The fourth-order valence-electron chi connectivity index (χ4n) is 2.13. The van der Waals surface area contributed by atoms with Crippen molar-refractivity contribution in [2.45, 2.75) is 18.9 Å². The van der Waals surface area contributed by atoms with E-state index in [-0.39, 0.29) is 18.6 Å². The van der Waals surface area contributed by atoms with Gasteiger partial charge in [-0.05, 0) is 32.1 Å². The molecule has 1 atom stereocenters. The normalized spacial score (nSPS) is 18.4. The molecule has 2 rings (SSSR count). The minimum Gasteiger partial charge on any atom is -0.395 e. The highest BCUT2D eigenvalue weighted by Gasteiger charge is 2.21. The van der Waals surface area contributed by atoms with Crippen molar-refractivity contribution in [1.29, 1.82) is 0 Å². The van der Waals surface area contributed by atoms with Crippen LogP contribution in [-0.4, -0.2) is 53.7 Å². The van der Waals surface area contributed by atoms with Crippen molar-refractivity contribution in [3.8, 4) is 11.8 Å². The lowest BCUT2D eigenvalue weighted by molar-refractivity contribution is 0.0933. The zero-order valence-electron chi connectivity index (χ0n) is 11.6. The maximum atomic E-state index is 12.0. The van der Waals surface area contributed by atoms with Crippen LogP contribution in [0, 0.1) is 11.8 Å². The van der Waals surface area contributed by atoms with E-state index in [1.807, 2.05) is 7.05 Å². The number of carbonyl (C=O) groups excluding carboxylic acids is 1. The maximum absolute atomic E-state index is 12.0. The standard InChI is InChI=1S/C15H19N3O2/c1-18-8-7-13(11-18)17-15(20)14-6-5-12(10-16-14)4-2-3-9-19/h5-6,10,13,19H,3,7-9,11H2,1H3,(H,17,20). The number of aromatic nitrogens is 1. The molecule has 1 aromatic rings. The summed E-state index contributed by atoms with van der Waals surface area (Å²) in [4.78, 5) is 18.3. The van der Waals surface area contributed by atoms with Gasteiger partial charge in [0.25, 0.3) is 5.91 Å². The SMILES string of the molecule is CN1CCC(NC(=O)c2ccc(C#CCCO)cn2)C1. The topological polar surface area (TPSA) is 65.5 Å². The van der Waals surface area contributed by atoms with Crippen LogP contribution in [0.3, 0.4) is 0 Å². The summed E-state index contributed by atoms with van der Waals surface area (Å²) in [6, 6.07) is 3.66. The molecule has 1 amide bonds. The first-order valence-corrected chi connectivity index (χ1v) is 6.74. The van der Waals surface area contributed by atoms with Gasteiger partial charge in [0.05, 0.1) is 6.61 Å². The molecule has 0 aromatic carbocycles. The maximum Gasteiger partial charge on any atom is 0.270 e. The van der Waals surface area contributed by atoms with Gasteiger partial charge in [0.15, 0.2) is 0 Å². The van der Waals surface area contributed by atoms with E-state index < -0.39 is 0 Å². The van der Waals surface area contributed by atoms with Gasteiger partial charge in [-0.15, -0.1) is 0 Å². The number of hydrogen-bond donors (Lipinski definition) is 2. The van der Waals surface area contributed by atoms with Gasteiger partial charge < -0.3 is 15.3 Å². The highest BCUT2D eigenvalue weighted by Crippen LogP contribution is 2.07. The Morgan fingerprint density at radius 2 is 2.45 bits per heavy atom. The highest BCUT2D eigenvalue weighted by atomic mass is 16.2. The number of pyridine rings is 1. The Balaban J connectivity index is 1.92. The number of likely N-dealkylation sites (tertiary alicyclic amines) is 1. The van der Waals surface area contributed by atoms with Crippen molar-refractivity contribution in [3.05, 3.63) is 29.6 Å². The Morgan fingerprint density at radius 3 is 3.05 bits per heavy atom. The first-order chi connectivity index (χ1) is 9.69. The van der Waals surface area contributed by atoms with Gasteiger partial charge >= 0.3 is 0 Å². The number of aliphatic hydroxyl groups is 1. The smallest absolute Gasteiger partial charge is 0.270 e. The van der Waals surface area contributed by atoms with Crippen molar-refractivity contribution in [3.63, 3.8) is 0 Å². The lowest BCUT2D eigenvalue weighted by Gasteiger charge is -2.12. The first-order valence-electron chi connectivity index (χ1n) is 6.74. The van der Waals surface area contributed by atoms with E-state index in [1.165, 1.54) is 0 Å². The number of nitrogens with one attached hydrogen (secondary N) is 1. The Labute approximate surface area is 119 Å². The van der Waals surface area contributed by atoms with Gasteiger partial charge in [0.1, 0.15) is 5.69 Å². The number of amides is 1. The van der Waals surface area contributed by atoms with Crippen LogP contribution in [0.5, 0.6) is 0 Å². The van der Waals surface area contributed by atoms with E-state index in [2.05, 4.69) is 27.0 Å². The number of carbonyl (C=O) groups is 1. The molecule has 20 heavy (non-hydrogen) atoms. The quantitative estimate of drug-likeness (QED) is 0.775. The molecule has 1 aromatic heterocycles. The summed E-state index contributed by atoms with van der Waals surface area (Å²) in [5.74, 6) is 5.56. The van der Waals surface area contributed by atoms with Crippen molar-refractivity contribution >= 4 is 5.91 Å². The summed E-state index contributed by atoms with van der Waals surface area (Å²) in [7, 11) is 2.05. The summed E-state index contributed by atoms with van der Waals surface area (Å²) in [6.07, 6.45) is 3.00. The Morgan fingerprint density at radius 1 is 1.60 bits per heavy atom. The average Bonchev–Trinajstić information content (AvgIpc) is 2.85. The summed E-state index contributed by atoms with van der Waals surface area (Å²) < 4.78 is 0. The predicted octanol–water partition coefficient (Wildman–Crippen LogP) is 0.249. The Hall–Kier alpha value is -1.90. The Kier molecular flexibility index (Phi) is 5.10. The zero-order valence-corrected chi connectivity index (χ0v) is 11.6. The largest absolute Gasteiger partial charge is 0.395 e. The summed E-state index contributed by atoms with van der Waals surface area (Å²) in [5, 5.41) is 11.6. The molecule has 1 aliphatic heterocycles. The third kappa shape index (κ3) is 4.05. The van der Waals surface area contributed by atoms with E-state index in [0.717, 1.165) is 25.1 Å². The molecular formula is C15H19N3O2. The summed E-state index contributed by atoms with van der Waals surface area (Å²) in [5.41, 5.74) is 1.16. The molecule has 2 heterocycles. The second-order valence-corrected chi connectivity index (χ2v) is 4.93. The summed E-state index contributed by atoms with van der Waals surface area (Å²) in [6.45, 7) is 1.95. The van der Waals surface area contributed by atoms with E-state index >= 15 is 0 Å². The van der Waals surface area contributed by atoms with E-state index in [0.29, 0.717) is 12.1 Å². The van der Waals surface area contributed by atoms with Gasteiger partial charge in [-0.25, -0.2) is 4.98 Å². The average molecular weight is 273 g/mol. The number of aliphatic hydroxyl groups excluding tert-OH is 1. The monoisotopic (exact) mass is 273 g/mol. The molecule has 0 bridgehead atoms. The van der Waals surface area contributed by atoms with Crippen LogP contribution >= 0.6 is 0 Å². The molecule has 1 unspecified atom stereocenters. The molecular weight excluding hydrogens is 254 g/mol. The van der Waals surface area contributed by atoms with Crippen LogP contribution in [0.15, 0.2) is 18.3 Å². The van der Waals surface area contributed by atoms with Gasteiger partial charge in [0, 0.05) is 30.8 Å². The minimum atomic E-state index is -0.139. The second-order valence-electron chi connectivity index (χ2n) is 4.93. The molecule has 5 heteroatoms. The van der Waals surface area contributed by atoms with Gasteiger partial charge in [-0.3, -0.25) is 4.79 Å². The highest BCUT2D eigenvalue weighted by molar-refractivity contribution is 5.92. The van der Waals surface area contributed by atoms with Crippen molar-refractivity contribution in [1.82, 2.24) is 15.2 Å². The molecule has 106 valence electrons. The molecule has 1 fully saturated rings. The lowest BCUT2D eigenvalue weighted by Crippen LogP contribution is -2.36. The number of hydrogen-bond acceptors (Lipinski definition) is 4. The third-order valence-electron chi connectivity index (χ3n) is 3.19. The number of nitrogens with zero attached hydrogens (tertiary/aromatic N) is 2. The molecule has 2 N–H and O–H groups in total. The number of rotatable bonds is 3. The fourth-order valence-corrected chi connectivity index (χ4v) is 2.13. The van der Waals surface area contributed by atoms with E-state index in [4.69, 9.17) is 5.11 Å². The molecule has 1 aliphatic rings. The van der Waals surface area contributed by atoms with Crippen LogP contribution in [-0.2, 0) is 0 Å². The van der Waals surface area contributed by atoms with E-state index in [1.54, 1.807) is 18.3 Å². The lowest BCUT2D eigenvalue weighted by atomic mass is 10.2. The van der Waals surface area contributed by atoms with Crippen molar-refractivity contribution in [2.75, 3.05) is 26.7 Å². The van der Waals surface area contributed by atoms with Crippen LogP contribution in [0.4, 0.5) is 0 Å². The summed E-state index contributed by atoms with van der Waals surface area (Å²) >= 11 is 0. The third-order valence-corrected chi connectivity index (χ3v) is 3.19. The van der Waals surface area contributed by atoms with Crippen LogP contribution < -0.4 is 5.32 Å². The van der Waals surface area contributed by atoms with Gasteiger partial charge in [-0.1, -0.05) is 11.8 Å². The zero-order chi connectivity index (χ0) is 14.4. The van der Waals surface area contributed by atoms with Crippen LogP contribution in [0.2, 0.25) is 0 Å². The Bertz CT molecular complexity index is 516. The molecule has 0 saturated carbocycles. The van der Waals surface area contributed by atoms with Crippen LogP contribution in [0.25, 0.3) is 0 Å². The van der Waals surface area contributed by atoms with Crippen LogP contribution in [0.1, 0.15) is 28.9 Å². The molecule has 5 nitrogen and oxygen atoms in total. The first kappa shape index (κ1) is 14.5. The number of likely N-dealkylation sites (N-methyl/N-ethyl adjacent to an activating group) is 1. The molecule has 0 spiro atoms. The molecule has 0 radical (unpaired) electrons. The van der Waals surface area contributed by atoms with E-state index in [9.17, 15) is 4.79 Å². The van der Waals surface area contributed by atoms with Gasteiger partial charge in [0.2, 0.25) is 0 Å². The second kappa shape index (κ2) is 7.04. The fraction of sp³-hybridized carbons (Fsp3) is 0.467. The van der Waals surface area contributed by atoms with Crippen molar-refractivity contribution in [2.24, 2.45) is 0 Å². The molecule has 1 saturated heterocycles.